The smallest absolute Gasteiger partial charge is 0.187 e. The number of hydrogen-bond donors (Lipinski definition) is 0. The van der Waals surface area contributed by atoms with Gasteiger partial charge in [-0.05, 0) is 167 Å². The average molecular weight is 751 g/mol. The van der Waals surface area contributed by atoms with Crippen molar-refractivity contribution in [3.05, 3.63) is 195 Å². The predicted molar refractivity (Wildman–Crippen MR) is 241 cm³/mol. The number of para-hydroxylation sites is 2. The molecule has 282 valence electrons. The van der Waals surface area contributed by atoms with Gasteiger partial charge in [0.2, 0.25) is 0 Å². The van der Waals surface area contributed by atoms with Crippen molar-refractivity contribution in [2.45, 2.75) is 66.2 Å². The van der Waals surface area contributed by atoms with E-state index in [1.54, 1.807) is 0 Å². The highest BCUT2D eigenvalue weighted by molar-refractivity contribution is 5.97. The zero-order valence-corrected chi connectivity index (χ0v) is 34.5. The van der Waals surface area contributed by atoms with Crippen LogP contribution in [-0.4, -0.2) is 0 Å². The summed E-state index contributed by atoms with van der Waals surface area (Å²) in [7, 11) is 0. The van der Waals surface area contributed by atoms with Crippen LogP contribution in [-0.2, 0) is 10.8 Å². The summed E-state index contributed by atoms with van der Waals surface area (Å²) in [6.45, 7) is 26.1. The van der Waals surface area contributed by atoms with Gasteiger partial charge in [0.1, 0.15) is 0 Å². The topological polar surface area (TPSA) is 34.6 Å². The van der Waals surface area contributed by atoms with Crippen molar-refractivity contribution in [2.24, 2.45) is 0 Å². The summed E-state index contributed by atoms with van der Waals surface area (Å²) >= 11 is 0. The number of benzene rings is 7. The van der Waals surface area contributed by atoms with Gasteiger partial charge in [-0.3, -0.25) is 0 Å². The first-order valence-electron chi connectivity index (χ1n) is 20.0. The first kappa shape index (κ1) is 36.7. The molecule has 4 heteroatoms. The molecule has 7 aromatic carbocycles. The summed E-state index contributed by atoms with van der Waals surface area (Å²) in [5, 5.41) is 9.58. The Bertz CT molecular complexity index is 2700. The van der Waals surface area contributed by atoms with Crippen LogP contribution in [0.3, 0.4) is 0 Å². The van der Waals surface area contributed by atoms with Crippen molar-refractivity contribution < 1.29 is 0 Å². The number of fused-ring (bicyclic) bond motifs is 7. The van der Waals surface area contributed by atoms with Crippen molar-refractivity contribution in [3.63, 3.8) is 0 Å². The van der Waals surface area contributed by atoms with Crippen molar-refractivity contribution >= 4 is 39.8 Å². The minimum atomic E-state index is -0.286. The molecule has 0 heterocycles. The molecule has 0 unspecified atom stereocenters. The van der Waals surface area contributed by atoms with Gasteiger partial charge in [-0.15, -0.1) is 0 Å². The molecule has 0 saturated carbocycles. The third kappa shape index (κ3) is 5.40. The monoisotopic (exact) mass is 750 g/mol. The minimum Gasteiger partial charge on any atom is -0.310 e. The lowest BCUT2D eigenvalue weighted by Crippen LogP contribution is -2.25. The zero-order valence-electron chi connectivity index (χ0n) is 34.5. The molecular formula is C54H46N4. The fourth-order valence-corrected chi connectivity index (χ4v) is 9.85. The fourth-order valence-electron chi connectivity index (χ4n) is 9.85. The average Bonchev–Trinajstić information content (AvgIpc) is 3.60. The Morgan fingerprint density at radius 2 is 0.914 bits per heavy atom. The molecule has 2 aliphatic rings. The second kappa shape index (κ2) is 13.4. The summed E-state index contributed by atoms with van der Waals surface area (Å²) in [6, 6.07) is 49.2. The van der Waals surface area contributed by atoms with Gasteiger partial charge in [0.25, 0.3) is 0 Å². The van der Waals surface area contributed by atoms with Gasteiger partial charge >= 0.3 is 0 Å². The molecule has 0 fully saturated rings. The van der Waals surface area contributed by atoms with E-state index in [2.05, 4.69) is 185 Å². The molecule has 0 N–H and O–H groups in total. The third-order valence-electron chi connectivity index (χ3n) is 12.9. The van der Waals surface area contributed by atoms with Gasteiger partial charge in [-0.1, -0.05) is 88.4 Å². The van der Waals surface area contributed by atoms with Crippen molar-refractivity contribution in [2.75, 3.05) is 9.80 Å². The Labute approximate surface area is 343 Å². The Kier molecular flexibility index (Phi) is 8.47. The van der Waals surface area contributed by atoms with E-state index in [-0.39, 0.29) is 10.8 Å². The maximum Gasteiger partial charge on any atom is 0.187 e. The normalized spacial score (nSPS) is 13.8. The second-order valence-corrected chi connectivity index (χ2v) is 17.0. The molecule has 9 rings (SSSR count). The highest BCUT2D eigenvalue weighted by Gasteiger charge is 2.48. The van der Waals surface area contributed by atoms with Crippen LogP contribution >= 0.6 is 0 Å². The van der Waals surface area contributed by atoms with Crippen LogP contribution < -0.4 is 9.80 Å². The van der Waals surface area contributed by atoms with Gasteiger partial charge in [-0.25, -0.2) is 4.85 Å². The number of anilines is 6. The summed E-state index contributed by atoms with van der Waals surface area (Å²) in [5.41, 5.74) is 23.1. The van der Waals surface area contributed by atoms with Crippen molar-refractivity contribution in [1.82, 2.24) is 0 Å². The Morgan fingerprint density at radius 1 is 0.517 bits per heavy atom. The summed E-state index contributed by atoms with van der Waals surface area (Å²) < 4.78 is 0. The second-order valence-electron chi connectivity index (χ2n) is 17.0. The zero-order chi connectivity index (χ0) is 40.7. The maximum absolute atomic E-state index is 9.58. The number of aryl methyl sites for hydroxylation is 2. The molecule has 0 bridgehead atoms. The molecule has 7 aromatic rings. The molecule has 2 aliphatic carbocycles. The molecule has 58 heavy (non-hydrogen) atoms. The molecule has 4 nitrogen and oxygen atoms in total. The van der Waals surface area contributed by atoms with E-state index < -0.39 is 0 Å². The van der Waals surface area contributed by atoms with Crippen molar-refractivity contribution in [3.8, 4) is 28.3 Å². The molecule has 0 aliphatic heterocycles. The Hall–Kier alpha value is -6.88. The van der Waals surface area contributed by atoms with Crippen LogP contribution in [0.5, 0.6) is 0 Å². The lowest BCUT2D eigenvalue weighted by atomic mass is 9.71. The first-order valence-corrected chi connectivity index (χ1v) is 20.0. The summed E-state index contributed by atoms with van der Waals surface area (Å²) in [4.78, 5) is 8.33. The number of hydrogen-bond acceptors (Lipinski definition) is 3. The summed E-state index contributed by atoms with van der Waals surface area (Å²) in [6.07, 6.45) is 0. The quantitative estimate of drug-likeness (QED) is 0.159. The van der Waals surface area contributed by atoms with Crippen LogP contribution in [0.2, 0.25) is 0 Å². The molecule has 0 saturated heterocycles. The Morgan fingerprint density at radius 3 is 1.31 bits per heavy atom. The Balaban J connectivity index is 1.21. The van der Waals surface area contributed by atoms with E-state index in [0.717, 1.165) is 34.1 Å². The lowest BCUT2D eigenvalue weighted by molar-refractivity contribution is 0.600. The van der Waals surface area contributed by atoms with Crippen LogP contribution in [0.4, 0.5) is 39.8 Å². The van der Waals surface area contributed by atoms with E-state index in [0.29, 0.717) is 11.3 Å². The van der Waals surface area contributed by atoms with Gasteiger partial charge < -0.3 is 9.80 Å². The number of nitriles is 1. The van der Waals surface area contributed by atoms with E-state index in [1.165, 1.54) is 66.8 Å². The van der Waals surface area contributed by atoms with Crippen LogP contribution in [0.25, 0.3) is 27.1 Å². The molecule has 0 amide bonds. The van der Waals surface area contributed by atoms with E-state index in [1.807, 2.05) is 24.3 Å². The van der Waals surface area contributed by atoms with Gasteiger partial charge in [-0.2, -0.15) is 5.26 Å². The van der Waals surface area contributed by atoms with Gasteiger partial charge in [0.05, 0.1) is 18.2 Å². The van der Waals surface area contributed by atoms with Crippen LogP contribution in [0.15, 0.2) is 133 Å². The largest absolute Gasteiger partial charge is 0.310 e. The molecular weight excluding hydrogens is 705 g/mol. The van der Waals surface area contributed by atoms with Crippen LogP contribution in [0.1, 0.15) is 77.8 Å². The van der Waals surface area contributed by atoms with E-state index >= 15 is 0 Å². The highest BCUT2D eigenvalue weighted by atomic mass is 15.1. The highest BCUT2D eigenvalue weighted by Crippen LogP contribution is 2.62. The third-order valence-corrected chi connectivity index (χ3v) is 12.9. The van der Waals surface area contributed by atoms with Crippen molar-refractivity contribution in [1.29, 1.82) is 5.26 Å². The van der Waals surface area contributed by atoms with E-state index in [4.69, 9.17) is 6.57 Å². The molecule has 0 atom stereocenters. The number of rotatable bonds is 6. The lowest BCUT2D eigenvalue weighted by Gasteiger charge is -2.33. The maximum atomic E-state index is 9.58. The molecule has 0 radical (unpaired) electrons. The van der Waals surface area contributed by atoms with Crippen LogP contribution in [0, 0.1) is 45.6 Å². The summed E-state index contributed by atoms with van der Waals surface area (Å²) in [5.74, 6) is 0. The standard InChI is InChI=1S/C54H46N4/c1-33-14-10-12-16-47(33)57(39-22-18-37(32-55)19-23-39)41-26-28-43-45(30-41)53(5,6)51-49(43)35(3)36(4)50-44-29-27-42(31-46(44)54(7,8)52(50)51)58(48-17-13-11-15-34(48)2)40-24-20-38(56-9)21-25-40/h10-31H,1-8H3. The predicted octanol–water partition coefficient (Wildman–Crippen LogP) is 14.9. The van der Waals surface area contributed by atoms with E-state index in [9.17, 15) is 5.26 Å². The van der Waals surface area contributed by atoms with Gasteiger partial charge in [0, 0.05) is 45.0 Å². The van der Waals surface area contributed by atoms with Gasteiger partial charge in [0.15, 0.2) is 5.69 Å². The molecule has 0 spiro atoms. The fraction of sp³-hybridized carbons (Fsp3) is 0.185. The minimum absolute atomic E-state index is 0.285. The molecule has 0 aromatic heterocycles. The SMILES string of the molecule is [C-]#[N+]c1ccc(N(c2ccc3c(c2)C(C)(C)c2c-3c(C)c(C)c3c2C(C)(C)c2cc(N(c4ccc(C#N)cc4)c4ccccc4C)ccc2-3)c2ccccc2C)cc1. The number of nitrogens with zero attached hydrogens (tertiary/aromatic N) is 4. The first-order chi connectivity index (χ1) is 27.9.